The van der Waals surface area contributed by atoms with Crippen LogP contribution in [0.15, 0.2) is 0 Å². The van der Waals surface area contributed by atoms with Crippen molar-refractivity contribution < 1.29 is 25.8 Å². The molecule has 0 saturated heterocycles. The molecule has 0 amide bonds. The van der Waals surface area contributed by atoms with Crippen LogP contribution in [0.1, 0.15) is 39.0 Å². The first-order chi connectivity index (χ1) is 3.39. The van der Waals surface area contributed by atoms with Crippen molar-refractivity contribution in [2.45, 2.75) is 39.0 Å². The molecule has 1 fully saturated rings. The minimum absolute atomic E-state index is 0. The van der Waals surface area contributed by atoms with E-state index in [1.165, 1.54) is 32.1 Å². The fourth-order valence-corrected chi connectivity index (χ4v) is 1.16. The molecular weight excluding hydrogens is 263 g/mol. The molecule has 0 aliphatic heterocycles. The normalized spacial score (nSPS) is 22.1. The van der Waals surface area contributed by atoms with E-state index in [0.29, 0.717) is 0 Å². The molecule has 0 unspecified atom stereocenters. The summed E-state index contributed by atoms with van der Waals surface area (Å²) in [7, 11) is 0. The van der Waals surface area contributed by atoms with Crippen molar-refractivity contribution >= 4 is 0 Å². The third kappa shape index (κ3) is 3.01. The van der Waals surface area contributed by atoms with Gasteiger partial charge in [0.25, 0.3) is 0 Å². The number of hydrogen-bond acceptors (Lipinski definition) is 0. The smallest absolute Gasteiger partial charge is 0 e. The molecule has 0 nitrogen and oxygen atoms in total. The van der Waals surface area contributed by atoms with E-state index < -0.39 is 0 Å². The van der Waals surface area contributed by atoms with Gasteiger partial charge in [-0.25, -0.2) is 0 Å². The minimum atomic E-state index is 0. The fourth-order valence-electron chi connectivity index (χ4n) is 1.16. The summed E-state index contributed by atoms with van der Waals surface area (Å²) < 4.78 is 0. The molecule has 8 heavy (non-hydrogen) atoms. The molecule has 0 heterocycles. The Hall–Kier alpha value is 0.870. The molecule has 1 saturated carbocycles. The van der Waals surface area contributed by atoms with Crippen molar-refractivity contribution in [3.05, 3.63) is 5.92 Å². The largest absolute Gasteiger partial charge is 0.317 e. The third-order valence-corrected chi connectivity index (χ3v) is 1.71. The molecule has 0 aromatic heterocycles. The molecule has 0 spiro atoms. The Morgan fingerprint density at radius 3 is 1.75 bits per heavy atom. The number of hydrogen-bond donors (Lipinski definition) is 0. The van der Waals surface area contributed by atoms with Crippen molar-refractivity contribution in [3.8, 4) is 0 Å². The predicted octanol–water partition coefficient (Wildman–Crippen LogP) is 2.54. The van der Waals surface area contributed by atoms with Crippen LogP contribution in [-0.2, 0) is 25.8 Å². The minimum Gasteiger partial charge on any atom is -0.317 e. The Labute approximate surface area is 70.8 Å². The maximum Gasteiger partial charge on any atom is 0 e. The van der Waals surface area contributed by atoms with E-state index in [9.17, 15) is 0 Å². The topological polar surface area (TPSA) is 0 Å². The first-order valence-electron chi connectivity index (χ1n) is 3.21. The summed E-state index contributed by atoms with van der Waals surface area (Å²) in [6, 6.07) is 0. The van der Waals surface area contributed by atoms with Crippen LogP contribution in [0.4, 0.5) is 0 Å². The molecule has 0 aromatic carbocycles. The van der Waals surface area contributed by atoms with Gasteiger partial charge in [0.15, 0.2) is 0 Å². The van der Waals surface area contributed by atoms with Crippen molar-refractivity contribution in [2.75, 3.05) is 0 Å². The van der Waals surface area contributed by atoms with Gasteiger partial charge in [-0.05, 0) is 0 Å². The molecule has 0 N–H and O–H groups in total. The quantitative estimate of drug-likeness (QED) is 0.471. The summed E-state index contributed by atoms with van der Waals surface area (Å²) >= 11 is 0. The maximum absolute atomic E-state index is 2.28. The van der Waals surface area contributed by atoms with Crippen molar-refractivity contribution in [3.63, 3.8) is 0 Å². The molecule has 0 aromatic rings. The van der Waals surface area contributed by atoms with Gasteiger partial charge in [-0.2, -0.15) is 19.8 Å². The van der Waals surface area contributed by atoms with Crippen LogP contribution in [0.3, 0.4) is 0 Å². The molecule has 46 valence electrons. The van der Waals surface area contributed by atoms with Gasteiger partial charge in [0.2, 0.25) is 0 Å². The Morgan fingerprint density at radius 1 is 1.00 bits per heavy atom. The zero-order chi connectivity index (χ0) is 5.11. The molecule has 1 aliphatic rings. The van der Waals surface area contributed by atoms with E-state index in [-0.39, 0.29) is 25.8 Å². The average Bonchev–Trinajstić information content (AvgIpc) is 1.69. The van der Waals surface area contributed by atoms with Gasteiger partial charge >= 0.3 is 0 Å². The SMILES string of the molecule is C[C-]1CCCCC1.[Hf]. The summed E-state index contributed by atoms with van der Waals surface area (Å²) in [4.78, 5) is 0. The summed E-state index contributed by atoms with van der Waals surface area (Å²) in [6.45, 7) is 2.28. The van der Waals surface area contributed by atoms with Gasteiger partial charge in [0.05, 0.1) is 0 Å². The molecule has 1 aliphatic carbocycles. The molecule has 1 rings (SSSR count). The zero-order valence-corrected chi connectivity index (χ0v) is 9.13. The van der Waals surface area contributed by atoms with Gasteiger partial charge in [-0.1, -0.05) is 19.3 Å². The summed E-state index contributed by atoms with van der Waals surface area (Å²) in [5.74, 6) is 1.71. The van der Waals surface area contributed by atoms with Crippen molar-refractivity contribution in [1.82, 2.24) is 0 Å². The molecule has 1 heteroatoms. The molecule has 0 radical (unpaired) electrons. The van der Waals surface area contributed by atoms with E-state index in [1.54, 1.807) is 5.92 Å². The van der Waals surface area contributed by atoms with Crippen LogP contribution in [-0.4, -0.2) is 0 Å². The third-order valence-electron chi connectivity index (χ3n) is 1.71. The standard InChI is InChI=1S/C7H13.Hf/c1-7-5-3-2-4-6-7;/h2-6H2,1H3;/q-1;. The van der Waals surface area contributed by atoms with Gasteiger partial charge in [-0.3, -0.25) is 0 Å². The van der Waals surface area contributed by atoms with Crippen molar-refractivity contribution in [1.29, 1.82) is 0 Å². The van der Waals surface area contributed by atoms with E-state index in [1.807, 2.05) is 0 Å². The average molecular weight is 276 g/mol. The monoisotopic (exact) mass is 277 g/mol. The van der Waals surface area contributed by atoms with Crippen LogP contribution < -0.4 is 0 Å². The zero-order valence-electron chi connectivity index (χ0n) is 5.54. The van der Waals surface area contributed by atoms with Crippen LogP contribution >= 0.6 is 0 Å². The maximum atomic E-state index is 2.28. The predicted molar refractivity (Wildman–Crippen MR) is 32.0 cm³/mol. The molecule has 0 bridgehead atoms. The first kappa shape index (κ1) is 8.87. The van der Waals surface area contributed by atoms with E-state index in [4.69, 9.17) is 0 Å². The van der Waals surface area contributed by atoms with Gasteiger partial charge in [0.1, 0.15) is 0 Å². The van der Waals surface area contributed by atoms with E-state index in [2.05, 4.69) is 6.92 Å². The first-order valence-corrected chi connectivity index (χ1v) is 3.21. The Bertz CT molecular complexity index is 46.3. The fraction of sp³-hybridized carbons (Fsp3) is 0.857. The summed E-state index contributed by atoms with van der Waals surface area (Å²) in [6.07, 6.45) is 7.18. The Balaban J connectivity index is 0.000000490. The summed E-state index contributed by atoms with van der Waals surface area (Å²) in [5, 5.41) is 0. The van der Waals surface area contributed by atoms with Crippen molar-refractivity contribution in [2.24, 2.45) is 0 Å². The van der Waals surface area contributed by atoms with Gasteiger partial charge < -0.3 is 5.92 Å². The van der Waals surface area contributed by atoms with Crippen LogP contribution in [0, 0.1) is 5.92 Å². The van der Waals surface area contributed by atoms with Gasteiger partial charge in [0, 0.05) is 25.8 Å². The second-order valence-electron chi connectivity index (χ2n) is 2.52. The Kier molecular flexibility index (Phi) is 5.23. The second kappa shape index (κ2) is 4.72. The molecule has 0 atom stereocenters. The Morgan fingerprint density at radius 2 is 1.50 bits per heavy atom. The van der Waals surface area contributed by atoms with E-state index in [0.717, 1.165) is 0 Å². The van der Waals surface area contributed by atoms with Crippen LogP contribution in [0.2, 0.25) is 0 Å². The summed E-state index contributed by atoms with van der Waals surface area (Å²) in [5.41, 5.74) is 0. The van der Waals surface area contributed by atoms with Crippen LogP contribution in [0.25, 0.3) is 0 Å². The van der Waals surface area contributed by atoms with E-state index >= 15 is 0 Å². The van der Waals surface area contributed by atoms with Crippen LogP contribution in [0.5, 0.6) is 0 Å². The number of rotatable bonds is 0. The molecular formula is C7H13Hf-. The van der Waals surface area contributed by atoms with Gasteiger partial charge in [-0.15, -0.1) is 0 Å². The second-order valence-corrected chi connectivity index (χ2v) is 2.52.